The van der Waals surface area contributed by atoms with Gasteiger partial charge in [0.05, 0.1) is 4.92 Å². The lowest BCUT2D eigenvalue weighted by Gasteiger charge is -2.22. The zero-order valence-corrected chi connectivity index (χ0v) is 15.7. The SMILES string of the molecule is O=C(c1cc(C(=O)N2CCCCCC2)cc([N+](=O)[O-])c1)N1CCCCCC1. The highest BCUT2D eigenvalue weighted by atomic mass is 16.6. The van der Waals surface area contributed by atoms with Gasteiger partial charge in [-0.15, -0.1) is 0 Å². The first kappa shape index (κ1) is 19.3. The Morgan fingerprint density at radius 1 is 0.704 bits per heavy atom. The smallest absolute Gasteiger partial charge is 0.271 e. The van der Waals surface area contributed by atoms with Crippen molar-refractivity contribution in [1.82, 2.24) is 9.80 Å². The van der Waals surface area contributed by atoms with Crippen LogP contribution in [0.2, 0.25) is 0 Å². The molecule has 3 rings (SSSR count). The average Bonchev–Trinajstić information content (AvgIpc) is 3.11. The largest absolute Gasteiger partial charge is 0.339 e. The second kappa shape index (κ2) is 8.97. The summed E-state index contributed by atoms with van der Waals surface area (Å²) in [5.74, 6) is -0.434. The second-order valence-electron chi connectivity index (χ2n) is 7.44. The number of carbonyl (C=O) groups excluding carboxylic acids is 2. The van der Waals surface area contributed by atoms with Gasteiger partial charge in [-0.1, -0.05) is 25.7 Å². The van der Waals surface area contributed by atoms with E-state index in [1.54, 1.807) is 9.80 Å². The Balaban J connectivity index is 1.88. The minimum atomic E-state index is -0.529. The molecular formula is C20H27N3O4. The van der Waals surface area contributed by atoms with Crippen LogP contribution in [0, 0.1) is 10.1 Å². The Labute approximate surface area is 159 Å². The second-order valence-corrected chi connectivity index (χ2v) is 7.44. The van der Waals surface area contributed by atoms with Gasteiger partial charge < -0.3 is 9.80 Å². The van der Waals surface area contributed by atoms with Crippen LogP contribution in [0.4, 0.5) is 5.69 Å². The Kier molecular flexibility index (Phi) is 6.42. The fraction of sp³-hybridized carbons (Fsp3) is 0.600. The van der Waals surface area contributed by atoms with Crippen LogP contribution in [0.25, 0.3) is 0 Å². The van der Waals surface area contributed by atoms with Crippen LogP contribution in [-0.2, 0) is 0 Å². The van der Waals surface area contributed by atoms with Gasteiger partial charge in [-0.2, -0.15) is 0 Å². The number of hydrogen-bond acceptors (Lipinski definition) is 4. The number of hydrogen-bond donors (Lipinski definition) is 0. The molecule has 146 valence electrons. The molecule has 0 spiro atoms. The maximum Gasteiger partial charge on any atom is 0.271 e. The van der Waals surface area contributed by atoms with Crippen LogP contribution in [0.15, 0.2) is 18.2 Å². The van der Waals surface area contributed by atoms with E-state index >= 15 is 0 Å². The van der Waals surface area contributed by atoms with Crippen molar-refractivity contribution in [3.8, 4) is 0 Å². The maximum atomic E-state index is 12.9. The molecule has 2 saturated heterocycles. The molecule has 0 aromatic heterocycles. The Morgan fingerprint density at radius 2 is 1.07 bits per heavy atom. The molecule has 0 bridgehead atoms. The summed E-state index contributed by atoms with van der Waals surface area (Å²) < 4.78 is 0. The van der Waals surface area contributed by atoms with Gasteiger partial charge in [0.1, 0.15) is 0 Å². The molecule has 1 aromatic carbocycles. The monoisotopic (exact) mass is 373 g/mol. The molecule has 27 heavy (non-hydrogen) atoms. The van der Waals surface area contributed by atoms with Crippen molar-refractivity contribution in [3.05, 3.63) is 39.4 Å². The van der Waals surface area contributed by atoms with E-state index in [1.165, 1.54) is 18.2 Å². The van der Waals surface area contributed by atoms with Crippen LogP contribution in [0.5, 0.6) is 0 Å². The number of nitro benzene ring substituents is 1. The first-order valence-corrected chi connectivity index (χ1v) is 9.94. The summed E-state index contributed by atoms with van der Waals surface area (Å²) >= 11 is 0. The summed E-state index contributed by atoms with van der Waals surface area (Å²) in [6.45, 7) is 2.65. The highest BCUT2D eigenvalue weighted by Gasteiger charge is 2.24. The van der Waals surface area contributed by atoms with Gasteiger partial charge in [-0.05, 0) is 31.7 Å². The van der Waals surface area contributed by atoms with Crippen molar-refractivity contribution < 1.29 is 14.5 Å². The van der Waals surface area contributed by atoms with Gasteiger partial charge in [-0.25, -0.2) is 0 Å². The van der Waals surface area contributed by atoms with E-state index in [4.69, 9.17) is 0 Å². The topological polar surface area (TPSA) is 83.8 Å². The summed E-state index contributed by atoms with van der Waals surface area (Å²) in [7, 11) is 0. The number of amides is 2. The lowest BCUT2D eigenvalue weighted by Crippen LogP contribution is -2.33. The number of rotatable bonds is 3. The van der Waals surface area contributed by atoms with E-state index in [9.17, 15) is 19.7 Å². The molecule has 0 N–H and O–H groups in total. The zero-order valence-electron chi connectivity index (χ0n) is 15.7. The fourth-order valence-electron chi connectivity index (χ4n) is 3.88. The number of non-ortho nitro benzene ring substituents is 1. The van der Waals surface area contributed by atoms with Gasteiger partial charge in [0.2, 0.25) is 0 Å². The van der Waals surface area contributed by atoms with Crippen molar-refractivity contribution in [2.45, 2.75) is 51.4 Å². The first-order chi connectivity index (χ1) is 13.1. The van der Waals surface area contributed by atoms with Gasteiger partial charge in [-0.3, -0.25) is 19.7 Å². The molecule has 0 atom stereocenters. The summed E-state index contributed by atoms with van der Waals surface area (Å²) in [5, 5.41) is 11.4. The zero-order chi connectivity index (χ0) is 19.2. The number of carbonyl (C=O) groups is 2. The summed E-state index contributed by atoms with van der Waals surface area (Å²) in [5.41, 5.74) is 0.280. The highest BCUT2D eigenvalue weighted by molar-refractivity contribution is 6.00. The van der Waals surface area contributed by atoms with Crippen LogP contribution >= 0.6 is 0 Å². The third-order valence-electron chi connectivity index (χ3n) is 5.41. The van der Waals surface area contributed by atoms with E-state index < -0.39 is 4.92 Å². The molecule has 2 aliphatic heterocycles. The Bertz CT molecular complexity index is 653. The predicted octanol–water partition coefficient (Wildman–Crippen LogP) is 3.63. The normalized spacial score (nSPS) is 18.5. The lowest BCUT2D eigenvalue weighted by atomic mass is 10.1. The summed E-state index contributed by atoms with van der Waals surface area (Å²) in [6.07, 6.45) is 8.16. The van der Waals surface area contributed by atoms with Gasteiger partial charge >= 0.3 is 0 Å². The number of benzene rings is 1. The number of nitro groups is 1. The number of nitrogens with zero attached hydrogens (tertiary/aromatic N) is 3. The first-order valence-electron chi connectivity index (χ1n) is 9.94. The van der Waals surface area contributed by atoms with Crippen molar-refractivity contribution >= 4 is 17.5 Å². The van der Waals surface area contributed by atoms with Gasteiger partial charge in [0.15, 0.2) is 0 Å². The molecular weight excluding hydrogens is 346 g/mol. The Morgan fingerprint density at radius 3 is 1.41 bits per heavy atom. The summed E-state index contributed by atoms with van der Waals surface area (Å²) in [6, 6.07) is 4.13. The summed E-state index contributed by atoms with van der Waals surface area (Å²) in [4.78, 5) is 40.2. The molecule has 2 amide bonds. The van der Waals surface area contributed by atoms with Crippen LogP contribution in [-0.4, -0.2) is 52.7 Å². The predicted molar refractivity (Wildman–Crippen MR) is 102 cm³/mol. The van der Waals surface area contributed by atoms with Crippen LogP contribution < -0.4 is 0 Å². The molecule has 2 heterocycles. The Hall–Kier alpha value is -2.44. The van der Waals surface area contributed by atoms with E-state index in [2.05, 4.69) is 0 Å². The minimum Gasteiger partial charge on any atom is -0.339 e. The van der Waals surface area contributed by atoms with Crippen molar-refractivity contribution in [2.24, 2.45) is 0 Å². The molecule has 7 nitrogen and oxygen atoms in total. The highest BCUT2D eigenvalue weighted by Crippen LogP contribution is 2.22. The van der Waals surface area contributed by atoms with Crippen molar-refractivity contribution in [1.29, 1.82) is 0 Å². The van der Waals surface area contributed by atoms with E-state index in [0.29, 0.717) is 26.2 Å². The molecule has 7 heteroatoms. The molecule has 1 aromatic rings. The van der Waals surface area contributed by atoms with E-state index in [1.807, 2.05) is 0 Å². The molecule has 0 radical (unpaired) electrons. The number of likely N-dealkylation sites (tertiary alicyclic amines) is 2. The van der Waals surface area contributed by atoms with Gasteiger partial charge in [0.25, 0.3) is 17.5 Å². The van der Waals surface area contributed by atoms with E-state index in [0.717, 1.165) is 51.4 Å². The minimum absolute atomic E-state index is 0.200. The van der Waals surface area contributed by atoms with Crippen molar-refractivity contribution in [2.75, 3.05) is 26.2 Å². The molecule has 2 aliphatic rings. The van der Waals surface area contributed by atoms with Crippen LogP contribution in [0.3, 0.4) is 0 Å². The third-order valence-corrected chi connectivity index (χ3v) is 5.41. The standard InChI is InChI=1S/C20H27N3O4/c24-19(21-9-5-1-2-6-10-21)16-13-17(15-18(14-16)23(26)27)20(25)22-11-7-3-4-8-12-22/h13-15H,1-12H2. The molecule has 0 aliphatic carbocycles. The van der Waals surface area contributed by atoms with Gasteiger partial charge in [0, 0.05) is 49.4 Å². The third kappa shape index (κ3) is 4.84. The molecule has 0 unspecified atom stereocenters. The van der Waals surface area contributed by atoms with Crippen LogP contribution in [0.1, 0.15) is 72.1 Å². The lowest BCUT2D eigenvalue weighted by molar-refractivity contribution is -0.384. The molecule has 0 saturated carbocycles. The quantitative estimate of drug-likeness (QED) is 0.598. The van der Waals surface area contributed by atoms with E-state index in [-0.39, 0.29) is 28.6 Å². The van der Waals surface area contributed by atoms with Crippen molar-refractivity contribution in [3.63, 3.8) is 0 Å². The fourth-order valence-corrected chi connectivity index (χ4v) is 3.88. The maximum absolute atomic E-state index is 12.9. The molecule has 2 fully saturated rings. The average molecular weight is 373 g/mol.